The maximum absolute atomic E-state index is 14.4. The Labute approximate surface area is 213 Å². The van der Waals surface area contributed by atoms with E-state index in [1.165, 1.54) is 0 Å². The maximum atomic E-state index is 14.4. The Morgan fingerprint density at radius 1 is 0.946 bits per heavy atom. The Morgan fingerprint density at radius 2 is 1.59 bits per heavy atom. The molecular formula is C26H33F3N6O2. The van der Waals surface area contributed by atoms with Crippen molar-refractivity contribution in [1.82, 2.24) is 19.5 Å². The standard InChI is InChI=1S/C26H33F3N6O2/c1-26(2,37)14-3-5-16(6-4-14)31-24-30-13-21-23(34-24)35(17-7-9-18(36)10-8-17)25(32-21)33-22-19(28)11-15(27)12-20(22)29/h11-14,16-18,36-37H,3-10H2,1-2H3,(H,32,33)(H,30,31,34). The SMILES string of the molecule is CC(C)(O)C1CCC(Nc2ncc3nc(Nc4c(F)cc(F)cc4F)n(C4CCC(O)CC4)c3n2)CC1. The van der Waals surface area contributed by atoms with E-state index in [4.69, 9.17) is 4.98 Å². The number of rotatable bonds is 6. The van der Waals surface area contributed by atoms with Gasteiger partial charge in [0.25, 0.3) is 0 Å². The van der Waals surface area contributed by atoms with Gasteiger partial charge in [-0.25, -0.2) is 23.1 Å². The number of imidazole rings is 1. The summed E-state index contributed by atoms with van der Waals surface area (Å²) in [5.41, 5.74) is -0.237. The topological polar surface area (TPSA) is 108 Å². The molecule has 200 valence electrons. The van der Waals surface area contributed by atoms with Crippen LogP contribution in [0.5, 0.6) is 0 Å². The van der Waals surface area contributed by atoms with Crippen LogP contribution in [0.4, 0.5) is 30.8 Å². The number of aliphatic hydroxyl groups is 2. The molecule has 8 nitrogen and oxygen atoms in total. The molecule has 0 bridgehead atoms. The lowest BCUT2D eigenvalue weighted by molar-refractivity contribution is -0.000416. The van der Waals surface area contributed by atoms with Crippen molar-refractivity contribution >= 4 is 28.7 Å². The molecule has 3 aromatic rings. The second-order valence-electron chi connectivity index (χ2n) is 10.9. The Balaban J connectivity index is 1.45. The monoisotopic (exact) mass is 518 g/mol. The number of fused-ring (bicyclic) bond motifs is 1. The van der Waals surface area contributed by atoms with Gasteiger partial charge in [-0.2, -0.15) is 4.98 Å². The molecule has 37 heavy (non-hydrogen) atoms. The molecule has 2 aliphatic rings. The van der Waals surface area contributed by atoms with Gasteiger partial charge in [0.1, 0.15) is 17.0 Å². The molecule has 5 rings (SSSR count). The fourth-order valence-electron chi connectivity index (χ4n) is 5.61. The van der Waals surface area contributed by atoms with Crippen molar-refractivity contribution in [3.8, 4) is 0 Å². The number of halogens is 3. The van der Waals surface area contributed by atoms with Crippen LogP contribution < -0.4 is 10.6 Å². The average Bonchev–Trinajstić information content (AvgIpc) is 3.19. The van der Waals surface area contributed by atoms with Gasteiger partial charge in [-0.05, 0) is 71.1 Å². The number of hydrogen-bond donors (Lipinski definition) is 4. The maximum Gasteiger partial charge on any atom is 0.224 e. The van der Waals surface area contributed by atoms with E-state index in [1.807, 2.05) is 18.4 Å². The number of hydrogen-bond acceptors (Lipinski definition) is 7. The van der Waals surface area contributed by atoms with Gasteiger partial charge in [-0.15, -0.1) is 0 Å². The Morgan fingerprint density at radius 3 is 2.22 bits per heavy atom. The van der Waals surface area contributed by atoms with Crippen LogP contribution in [-0.2, 0) is 0 Å². The zero-order valence-corrected chi connectivity index (χ0v) is 21.0. The summed E-state index contributed by atoms with van der Waals surface area (Å²) < 4.78 is 44.1. The van der Waals surface area contributed by atoms with Gasteiger partial charge in [-0.1, -0.05) is 0 Å². The zero-order chi connectivity index (χ0) is 26.3. The van der Waals surface area contributed by atoms with Crippen LogP contribution in [0.15, 0.2) is 18.3 Å². The summed E-state index contributed by atoms with van der Waals surface area (Å²) >= 11 is 0. The highest BCUT2D eigenvalue weighted by molar-refractivity contribution is 5.76. The largest absolute Gasteiger partial charge is 0.393 e. The van der Waals surface area contributed by atoms with E-state index in [1.54, 1.807) is 6.20 Å². The quantitative estimate of drug-likeness (QED) is 0.355. The summed E-state index contributed by atoms with van der Waals surface area (Å²) in [5, 5.41) is 26.4. The first kappa shape index (κ1) is 25.7. The molecule has 2 fully saturated rings. The van der Waals surface area contributed by atoms with E-state index < -0.39 is 28.7 Å². The van der Waals surface area contributed by atoms with E-state index >= 15 is 0 Å². The minimum atomic E-state index is -1.06. The molecule has 2 aromatic heterocycles. The molecule has 0 aliphatic heterocycles. The molecule has 2 aliphatic carbocycles. The summed E-state index contributed by atoms with van der Waals surface area (Å²) in [6.45, 7) is 3.70. The fraction of sp³-hybridized carbons (Fsp3) is 0.577. The van der Waals surface area contributed by atoms with Crippen molar-refractivity contribution in [2.45, 2.75) is 89.0 Å². The Hall–Kier alpha value is -2.92. The third-order valence-electron chi connectivity index (χ3n) is 7.77. The van der Waals surface area contributed by atoms with E-state index in [2.05, 4.69) is 20.6 Å². The van der Waals surface area contributed by atoms with E-state index in [-0.39, 0.29) is 30.1 Å². The molecule has 0 unspecified atom stereocenters. The zero-order valence-electron chi connectivity index (χ0n) is 21.0. The van der Waals surface area contributed by atoms with Crippen LogP contribution in [0.2, 0.25) is 0 Å². The summed E-state index contributed by atoms with van der Waals surface area (Å²) in [5.74, 6) is -2.28. The first-order chi connectivity index (χ1) is 17.6. The molecule has 0 atom stereocenters. The predicted octanol–water partition coefficient (Wildman–Crippen LogP) is 5.20. The molecule has 0 radical (unpaired) electrons. The van der Waals surface area contributed by atoms with E-state index in [0.29, 0.717) is 54.9 Å². The number of nitrogens with one attached hydrogen (secondary N) is 2. The number of aliphatic hydroxyl groups excluding tert-OH is 1. The van der Waals surface area contributed by atoms with Crippen LogP contribution >= 0.6 is 0 Å². The van der Waals surface area contributed by atoms with Crippen molar-refractivity contribution in [2.24, 2.45) is 5.92 Å². The second-order valence-corrected chi connectivity index (χ2v) is 10.9. The van der Waals surface area contributed by atoms with Gasteiger partial charge in [0.15, 0.2) is 17.3 Å². The molecule has 0 saturated heterocycles. The molecule has 2 saturated carbocycles. The summed E-state index contributed by atoms with van der Waals surface area (Å²) in [7, 11) is 0. The van der Waals surface area contributed by atoms with Crippen molar-refractivity contribution in [3.05, 3.63) is 35.8 Å². The fourth-order valence-corrected chi connectivity index (χ4v) is 5.61. The Bertz CT molecular complexity index is 1240. The number of anilines is 3. The van der Waals surface area contributed by atoms with Crippen LogP contribution in [0.3, 0.4) is 0 Å². The second kappa shape index (κ2) is 10.1. The van der Waals surface area contributed by atoms with Crippen molar-refractivity contribution in [1.29, 1.82) is 0 Å². The van der Waals surface area contributed by atoms with Gasteiger partial charge in [-0.3, -0.25) is 4.57 Å². The van der Waals surface area contributed by atoms with Crippen molar-refractivity contribution in [2.75, 3.05) is 10.6 Å². The third-order valence-corrected chi connectivity index (χ3v) is 7.77. The first-order valence-electron chi connectivity index (χ1n) is 12.9. The van der Waals surface area contributed by atoms with Gasteiger partial charge >= 0.3 is 0 Å². The van der Waals surface area contributed by atoms with Crippen molar-refractivity contribution < 1.29 is 23.4 Å². The third kappa shape index (κ3) is 5.52. The van der Waals surface area contributed by atoms with Crippen LogP contribution in [-0.4, -0.2) is 47.5 Å². The number of benzene rings is 1. The molecule has 2 heterocycles. The van der Waals surface area contributed by atoms with Gasteiger partial charge in [0.2, 0.25) is 11.9 Å². The van der Waals surface area contributed by atoms with E-state index in [0.717, 1.165) is 25.7 Å². The lowest BCUT2D eigenvalue weighted by atomic mass is 9.77. The molecular weight excluding hydrogens is 485 g/mol. The van der Waals surface area contributed by atoms with Crippen LogP contribution in [0.1, 0.15) is 71.3 Å². The average molecular weight is 519 g/mol. The van der Waals surface area contributed by atoms with Gasteiger partial charge in [0, 0.05) is 24.2 Å². The molecule has 11 heteroatoms. The molecule has 0 amide bonds. The lowest BCUT2D eigenvalue weighted by Gasteiger charge is -2.36. The van der Waals surface area contributed by atoms with Crippen LogP contribution in [0.25, 0.3) is 11.2 Å². The number of nitrogens with zero attached hydrogens (tertiary/aromatic N) is 4. The molecule has 0 spiro atoms. The predicted molar refractivity (Wildman–Crippen MR) is 134 cm³/mol. The minimum Gasteiger partial charge on any atom is -0.393 e. The summed E-state index contributed by atoms with van der Waals surface area (Å²) in [6, 6.07) is 1.29. The first-order valence-corrected chi connectivity index (χ1v) is 12.9. The number of aromatic nitrogens is 4. The van der Waals surface area contributed by atoms with Crippen LogP contribution in [0, 0.1) is 23.4 Å². The Kier molecular flexibility index (Phi) is 7.01. The van der Waals surface area contributed by atoms with Crippen molar-refractivity contribution in [3.63, 3.8) is 0 Å². The normalized spacial score (nSPS) is 24.8. The van der Waals surface area contributed by atoms with E-state index in [9.17, 15) is 23.4 Å². The molecule has 1 aromatic carbocycles. The molecule has 4 N–H and O–H groups in total. The summed E-state index contributed by atoms with van der Waals surface area (Å²) in [4.78, 5) is 13.7. The van der Waals surface area contributed by atoms with Gasteiger partial charge in [0.05, 0.1) is 17.9 Å². The minimum absolute atomic E-state index is 0.104. The smallest absolute Gasteiger partial charge is 0.224 e. The summed E-state index contributed by atoms with van der Waals surface area (Å²) in [6.07, 6.45) is 7.20. The van der Waals surface area contributed by atoms with Gasteiger partial charge < -0.3 is 20.8 Å². The highest BCUT2D eigenvalue weighted by Gasteiger charge is 2.32. The lowest BCUT2D eigenvalue weighted by Crippen LogP contribution is -2.37. The highest BCUT2D eigenvalue weighted by Crippen LogP contribution is 2.37. The highest BCUT2D eigenvalue weighted by atomic mass is 19.1.